The van der Waals surface area contributed by atoms with Crippen LogP contribution >= 0.6 is 11.6 Å². The Morgan fingerprint density at radius 2 is 1.80 bits per heavy atom. The molecular formula is C24H26ClF3N4O3. The van der Waals surface area contributed by atoms with E-state index in [1.807, 2.05) is 4.90 Å². The van der Waals surface area contributed by atoms with Crippen molar-refractivity contribution in [2.75, 3.05) is 19.6 Å². The van der Waals surface area contributed by atoms with Gasteiger partial charge in [0.2, 0.25) is 5.91 Å². The third-order valence-electron chi connectivity index (χ3n) is 8.19. The molecule has 3 aliphatic carbocycles. The van der Waals surface area contributed by atoms with E-state index in [0.29, 0.717) is 23.9 Å². The molecule has 1 N–H and O–H groups in total. The molecular weight excluding hydrogens is 485 g/mol. The first-order valence-electron chi connectivity index (χ1n) is 12.2. The van der Waals surface area contributed by atoms with E-state index in [1.165, 1.54) is 11.1 Å². The fraction of sp³-hybridized carbons (Fsp3) is 0.625. The second-order valence-corrected chi connectivity index (χ2v) is 10.8. The van der Waals surface area contributed by atoms with Gasteiger partial charge < -0.3 is 14.9 Å². The van der Waals surface area contributed by atoms with Gasteiger partial charge in [-0.2, -0.15) is 13.2 Å². The Morgan fingerprint density at radius 1 is 1.11 bits per heavy atom. The highest BCUT2D eigenvalue weighted by Crippen LogP contribution is 2.46. The zero-order valence-corrected chi connectivity index (χ0v) is 19.7. The molecule has 3 heterocycles. The molecule has 11 heteroatoms. The number of aromatic nitrogens is 2. The van der Waals surface area contributed by atoms with Crippen molar-refractivity contribution in [2.45, 2.75) is 62.8 Å². The number of fused-ring (bicyclic) bond motifs is 2. The first-order valence-corrected chi connectivity index (χ1v) is 12.5. The van der Waals surface area contributed by atoms with Crippen LogP contribution in [0, 0.1) is 11.8 Å². The highest BCUT2D eigenvalue weighted by atomic mass is 35.5. The zero-order valence-electron chi connectivity index (χ0n) is 19.0. The van der Waals surface area contributed by atoms with Gasteiger partial charge in [-0.3, -0.25) is 14.0 Å². The van der Waals surface area contributed by atoms with Crippen LogP contribution in [-0.2, 0) is 11.0 Å². The summed E-state index contributed by atoms with van der Waals surface area (Å²) in [4.78, 5) is 33.3. The molecule has 4 fully saturated rings. The van der Waals surface area contributed by atoms with Gasteiger partial charge in [-0.25, -0.2) is 4.98 Å². The molecule has 2 aromatic heterocycles. The number of aliphatic hydroxyl groups is 1. The molecule has 1 saturated heterocycles. The molecule has 2 amide bonds. The van der Waals surface area contributed by atoms with Gasteiger partial charge in [0.05, 0.1) is 11.7 Å². The van der Waals surface area contributed by atoms with Gasteiger partial charge in [0.25, 0.3) is 5.91 Å². The molecule has 0 aromatic carbocycles. The maximum Gasteiger partial charge on any atom is 0.419 e. The van der Waals surface area contributed by atoms with Crippen LogP contribution in [-0.4, -0.2) is 67.9 Å². The van der Waals surface area contributed by atoms with Crippen LogP contribution in [0.25, 0.3) is 5.65 Å². The van der Waals surface area contributed by atoms with Gasteiger partial charge in [0.1, 0.15) is 11.7 Å². The summed E-state index contributed by atoms with van der Waals surface area (Å²) >= 11 is 6.40. The number of halogens is 4. The van der Waals surface area contributed by atoms with Crippen molar-refractivity contribution in [3.8, 4) is 0 Å². The summed E-state index contributed by atoms with van der Waals surface area (Å²) in [5, 5.41) is 9.69. The fourth-order valence-corrected chi connectivity index (χ4v) is 6.58. The van der Waals surface area contributed by atoms with Gasteiger partial charge in [-0.05, 0) is 67.9 Å². The third kappa shape index (κ3) is 3.98. The summed E-state index contributed by atoms with van der Waals surface area (Å²) in [5.74, 6) is 0.105. The molecule has 35 heavy (non-hydrogen) atoms. The van der Waals surface area contributed by atoms with Crippen LogP contribution in [0.3, 0.4) is 0 Å². The number of alkyl halides is 3. The van der Waals surface area contributed by atoms with E-state index >= 15 is 0 Å². The quantitative estimate of drug-likeness (QED) is 0.683. The summed E-state index contributed by atoms with van der Waals surface area (Å²) in [6.07, 6.45) is 1.57. The van der Waals surface area contributed by atoms with Gasteiger partial charge in [-0.1, -0.05) is 11.6 Å². The Labute approximate surface area is 204 Å². The average Bonchev–Trinajstić information content (AvgIpc) is 3.38. The highest BCUT2D eigenvalue weighted by Gasteiger charge is 2.45. The first-order chi connectivity index (χ1) is 16.6. The molecule has 0 radical (unpaired) electrons. The number of carbonyl (C=O) groups excluding carboxylic acids is 2. The zero-order chi connectivity index (χ0) is 24.6. The smallest absolute Gasteiger partial charge is 0.393 e. The van der Waals surface area contributed by atoms with E-state index in [2.05, 4.69) is 4.98 Å². The average molecular weight is 511 g/mol. The van der Waals surface area contributed by atoms with Crippen LogP contribution in [0.2, 0.25) is 5.15 Å². The molecule has 6 rings (SSSR count). The lowest BCUT2D eigenvalue weighted by atomic mass is 10.0. The Hall–Kier alpha value is -2.33. The number of amides is 2. The Bertz CT molecular complexity index is 1200. The molecule has 4 atom stereocenters. The Morgan fingerprint density at radius 3 is 2.40 bits per heavy atom. The predicted molar refractivity (Wildman–Crippen MR) is 120 cm³/mol. The number of piperazine rings is 1. The standard InChI is InChI=1S/C24H26ClF3N4O3/c25-21-20(29-22-18(24(26,27)28)9-15(10-32(21)22)12-1-2-12)23(35)30-3-4-31(19(34)11-30)16-5-13-7-17(33)8-14(13)6-16/h9-10,12-14,16-17,33H,1-8,11H2/t13-,14+,16-,17-. The lowest BCUT2D eigenvalue weighted by Gasteiger charge is -2.38. The molecule has 0 spiro atoms. The van der Waals surface area contributed by atoms with Crippen molar-refractivity contribution in [1.29, 1.82) is 0 Å². The number of pyridine rings is 1. The van der Waals surface area contributed by atoms with E-state index < -0.39 is 23.3 Å². The normalized spacial score (nSPS) is 29.3. The predicted octanol–water partition coefficient (Wildman–Crippen LogP) is 3.72. The monoisotopic (exact) mass is 510 g/mol. The lowest BCUT2D eigenvalue weighted by Crippen LogP contribution is -2.55. The molecule has 0 bridgehead atoms. The van der Waals surface area contributed by atoms with Crippen molar-refractivity contribution in [2.24, 2.45) is 11.8 Å². The summed E-state index contributed by atoms with van der Waals surface area (Å²) in [5.41, 5.74) is -1.06. The van der Waals surface area contributed by atoms with Crippen molar-refractivity contribution in [1.82, 2.24) is 19.2 Å². The second-order valence-electron chi connectivity index (χ2n) is 10.5. The number of imidazole rings is 1. The summed E-state index contributed by atoms with van der Waals surface area (Å²) < 4.78 is 42.5. The minimum absolute atomic E-state index is 0.0576. The van der Waals surface area contributed by atoms with Crippen molar-refractivity contribution in [3.05, 3.63) is 34.2 Å². The minimum atomic E-state index is -4.64. The van der Waals surface area contributed by atoms with Crippen LogP contribution in [0.1, 0.15) is 66.1 Å². The molecule has 188 valence electrons. The van der Waals surface area contributed by atoms with E-state index in [-0.39, 0.29) is 47.9 Å². The second kappa shape index (κ2) is 8.09. The molecule has 4 aliphatic rings. The van der Waals surface area contributed by atoms with Crippen LogP contribution < -0.4 is 0 Å². The maximum atomic E-state index is 13.8. The number of aliphatic hydroxyl groups excluding tert-OH is 1. The largest absolute Gasteiger partial charge is 0.419 e. The van der Waals surface area contributed by atoms with Crippen molar-refractivity contribution in [3.63, 3.8) is 0 Å². The Balaban J connectivity index is 1.22. The van der Waals surface area contributed by atoms with Gasteiger partial charge >= 0.3 is 6.18 Å². The van der Waals surface area contributed by atoms with Crippen LogP contribution in [0.15, 0.2) is 12.3 Å². The van der Waals surface area contributed by atoms with Gasteiger partial charge in [-0.15, -0.1) is 0 Å². The number of nitrogens with zero attached hydrogens (tertiary/aromatic N) is 4. The van der Waals surface area contributed by atoms with E-state index in [4.69, 9.17) is 11.6 Å². The summed E-state index contributed by atoms with van der Waals surface area (Å²) in [6, 6.07) is 1.21. The number of hydrogen-bond donors (Lipinski definition) is 1. The highest BCUT2D eigenvalue weighted by molar-refractivity contribution is 6.33. The number of hydrogen-bond acceptors (Lipinski definition) is 4. The number of carbonyl (C=O) groups is 2. The number of rotatable bonds is 3. The molecule has 7 nitrogen and oxygen atoms in total. The molecule has 0 unspecified atom stereocenters. The van der Waals surface area contributed by atoms with Crippen molar-refractivity contribution < 1.29 is 27.9 Å². The first kappa shape index (κ1) is 23.1. The fourth-order valence-electron chi connectivity index (χ4n) is 6.33. The molecule has 3 saturated carbocycles. The SMILES string of the molecule is O=C(c1nc2c(C(F)(F)F)cc(C3CC3)cn2c1Cl)N1CCN([C@H]2C[C@H]3C[C@H](O)C[C@H]3C2)C(=O)C1. The maximum absolute atomic E-state index is 13.8. The molecule has 1 aliphatic heterocycles. The lowest BCUT2D eigenvalue weighted by molar-refractivity contribution is -0.138. The van der Waals surface area contributed by atoms with Crippen LogP contribution in [0.5, 0.6) is 0 Å². The van der Waals surface area contributed by atoms with Gasteiger partial charge in [0, 0.05) is 25.3 Å². The minimum Gasteiger partial charge on any atom is -0.393 e. The summed E-state index contributed by atoms with van der Waals surface area (Å²) in [7, 11) is 0. The van der Waals surface area contributed by atoms with Crippen molar-refractivity contribution >= 4 is 29.1 Å². The van der Waals surface area contributed by atoms with E-state index in [0.717, 1.165) is 49.0 Å². The van der Waals surface area contributed by atoms with Crippen LogP contribution in [0.4, 0.5) is 13.2 Å². The molecule has 2 aromatic rings. The topological polar surface area (TPSA) is 78.2 Å². The summed E-state index contributed by atoms with van der Waals surface area (Å²) in [6.45, 7) is 0.474. The van der Waals surface area contributed by atoms with E-state index in [9.17, 15) is 27.9 Å². The third-order valence-corrected chi connectivity index (χ3v) is 8.55. The Kier molecular flexibility index (Phi) is 5.34. The van der Waals surface area contributed by atoms with Gasteiger partial charge in [0.15, 0.2) is 11.3 Å². The van der Waals surface area contributed by atoms with E-state index in [1.54, 1.807) is 0 Å².